The normalized spacial score (nSPS) is 20.2. The van der Waals surface area contributed by atoms with Crippen LogP contribution in [0.15, 0.2) is 42.5 Å². The van der Waals surface area contributed by atoms with Gasteiger partial charge in [0.1, 0.15) is 32.7 Å². The summed E-state index contributed by atoms with van der Waals surface area (Å²) in [7, 11) is 0. The molecule has 0 spiro atoms. The summed E-state index contributed by atoms with van der Waals surface area (Å²) < 4.78 is 2.27. The van der Waals surface area contributed by atoms with Gasteiger partial charge in [-0.2, -0.15) is 0 Å². The number of nitrogens with zero attached hydrogens (tertiary/aromatic N) is 1. The van der Waals surface area contributed by atoms with Crippen LogP contribution in [-0.2, 0) is 0 Å². The van der Waals surface area contributed by atoms with Crippen LogP contribution in [-0.4, -0.2) is 49.6 Å². The lowest BCUT2D eigenvalue weighted by Crippen LogP contribution is -3.28. The van der Waals surface area contributed by atoms with E-state index >= 15 is 0 Å². The second kappa shape index (κ2) is 9.35. The molecule has 0 amide bonds. The molecule has 2 N–H and O–H groups in total. The number of benzene rings is 1. The summed E-state index contributed by atoms with van der Waals surface area (Å²) in [6, 6.07) is 12.9. The van der Waals surface area contributed by atoms with Gasteiger partial charge in [-0.05, 0) is 45.4 Å². The highest BCUT2D eigenvalue weighted by molar-refractivity contribution is 5.98. The Hall–Kier alpha value is -2.17. The number of aromatic nitrogens is 1. The lowest BCUT2D eigenvalue weighted by Gasteiger charge is -2.28. The minimum absolute atomic E-state index is 0.294. The highest BCUT2D eigenvalue weighted by Gasteiger charge is 2.26. The molecule has 4 nitrogen and oxygen atoms in total. The van der Waals surface area contributed by atoms with Gasteiger partial charge in [-0.15, -0.1) is 0 Å². The van der Waals surface area contributed by atoms with Crippen LogP contribution < -0.4 is 9.80 Å². The van der Waals surface area contributed by atoms with E-state index in [1.165, 1.54) is 16.2 Å². The molecule has 1 aromatic carbocycles. The van der Waals surface area contributed by atoms with Gasteiger partial charge in [-0.3, -0.25) is 4.79 Å². The number of nitrogens with one attached hydrogen (secondary N) is 2. The Morgan fingerprint density at radius 1 is 1.07 bits per heavy atom. The monoisotopic (exact) mass is 381 g/mol. The van der Waals surface area contributed by atoms with Crippen molar-refractivity contribution in [2.75, 3.05) is 39.3 Å². The van der Waals surface area contributed by atoms with Crippen LogP contribution in [0, 0.1) is 13.8 Å². The summed E-state index contributed by atoms with van der Waals surface area (Å²) in [5, 5.41) is 0. The maximum atomic E-state index is 12.9. The second-order valence-corrected chi connectivity index (χ2v) is 8.37. The molecule has 0 bridgehead atoms. The van der Waals surface area contributed by atoms with E-state index in [-0.39, 0.29) is 0 Å². The molecule has 2 aromatic rings. The minimum Gasteiger partial charge on any atom is -0.346 e. The summed E-state index contributed by atoms with van der Waals surface area (Å²) in [6.07, 6.45) is 4.49. The standard InChI is InChI=1S/C24H33N3O/c1-19(2)27-20(3)17-23(21(27)4)24(28)18-26-15-13-25(14-16-26)12-8-11-22-9-6-5-7-10-22/h5-11,17,19H,12-16,18H2,1-4H3/p+2/b11-8+. The predicted molar refractivity (Wildman–Crippen MR) is 115 cm³/mol. The molecule has 0 aliphatic carbocycles. The molecule has 3 rings (SSSR count). The van der Waals surface area contributed by atoms with E-state index in [4.69, 9.17) is 0 Å². The Morgan fingerprint density at radius 3 is 2.32 bits per heavy atom. The third-order valence-corrected chi connectivity index (χ3v) is 5.89. The topological polar surface area (TPSA) is 30.9 Å². The summed E-state index contributed by atoms with van der Waals surface area (Å²) in [6.45, 7) is 14.6. The number of ketones is 1. The van der Waals surface area contributed by atoms with Gasteiger partial charge in [0.15, 0.2) is 0 Å². The van der Waals surface area contributed by atoms with Crippen LogP contribution in [0.1, 0.15) is 47.2 Å². The van der Waals surface area contributed by atoms with Crippen molar-refractivity contribution >= 4 is 11.9 Å². The molecular weight excluding hydrogens is 346 g/mol. The summed E-state index contributed by atoms with van der Waals surface area (Å²) >= 11 is 0. The van der Waals surface area contributed by atoms with E-state index in [2.05, 4.69) is 74.7 Å². The summed E-state index contributed by atoms with van der Waals surface area (Å²) in [4.78, 5) is 15.9. The van der Waals surface area contributed by atoms with Crippen molar-refractivity contribution in [3.63, 3.8) is 0 Å². The Bertz CT molecular complexity index is 812. The van der Waals surface area contributed by atoms with E-state index < -0.39 is 0 Å². The zero-order chi connectivity index (χ0) is 20.1. The number of hydrogen-bond acceptors (Lipinski definition) is 1. The average molecular weight is 382 g/mol. The third-order valence-electron chi connectivity index (χ3n) is 5.89. The van der Waals surface area contributed by atoms with Gasteiger partial charge in [0.2, 0.25) is 5.78 Å². The van der Waals surface area contributed by atoms with Crippen molar-refractivity contribution in [1.82, 2.24) is 4.57 Å². The molecule has 4 heteroatoms. The molecule has 1 fully saturated rings. The first-order valence-electron chi connectivity index (χ1n) is 10.6. The minimum atomic E-state index is 0.294. The Kier molecular flexibility index (Phi) is 6.87. The number of Topliss-reactive ketones (excluding diaryl/α,β-unsaturated/α-hetero) is 1. The first-order valence-corrected chi connectivity index (χ1v) is 10.6. The van der Waals surface area contributed by atoms with Gasteiger partial charge < -0.3 is 14.4 Å². The molecular formula is C24H35N3O+2. The molecule has 0 saturated carbocycles. The van der Waals surface area contributed by atoms with Gasteiger partial charge in [0, 0.05) is 23.0 Å². The van der Waals surface area contributed by atoms with Crippen LogP contribution in [0.2, 0.25) is 0 Å². The number of hydrogen-bond donors (Lipinski definition) is 2. The average Bonchev–Trinajstić information content (AvgIpc) is 2.98. The summed E-state index contributed by atoms with van der Waals surface area (Å²) in [5.41, 5.74) is 4.48. The van der Waals surface area contributed by atoms with Crippen molar-refractivity contribution < 1.29 is 14.6 Å². The number of carbonyl (C=O) groups excluding carboxylic acids is 1. The largest absolute Gasteiger partial charge is 0.346 e. The van der Waals surface area contributed by atoms with Gasteiger partial charge in [-0.1, -0.05) is 36.4 Å². The first kappa shape index (κ1) is 20.6. The Morgan fingerprint density at radius 2 is 1.71 bits per heavy atom. The van der Waals surface area contributed by atoms with Gasteiger partial charge in [0.25, 0.3) is 0 Å². The molecule has 28 heavy (non-hydrogen) atoms. The van der Waals surface area contributed by atoms with Crippen molar-refractivity contribution in [3.8, 4) is 0 Å². The number of aryl methyl sites for hydroxylation is 1. The zero-order valence-electron chi connectivity index (χ0n) is 17.8. The number of quaternary nitrogens is 2. The van der Waals surface area contributed by atoms with E-state index in [0.717, 1.165) is 44.0 Å². The number of rotatable bonds is 7. The molecule has 1 aliphatic rings. The van der Waals surface area contributed by atoms with Gasteiger partial charge >= 0.3 is 0 Å². The van der Waals surface area contributed by atoms with Crippen molar-refractivity contribution in [2.45, 2.75) is 33.7 Å². The molecule has 0 atom stereocenters. The van der Waals surface area contributed by atoms with E-state index in [1.807, 2.05) is 6.07 Å². The highest BCUT2D eigenvalue weighted by atomic mass is 16.1. The molecule has 1 aliphatic heterocycles. The lowest BCUT2D eigenvalue weighted by molar-refractivity contribution is -1.01. The van der Waals surface area contributed by atoms with Crippen LogP contribution >= 0.6 is 0 Å². The van der Waals surface area contributed by atoms with Crippen molar-refractivity contribution in [3.05, 3.63) is 65.0 Å². The van der Waals surface area contributed by atoms with E-state index in [9.17, 15) is 4.79 Å². The summed E-state index contributed by atoms with van der Waals surface area (Å²) in [5.74, 6) is 0.294. The smallest absolute Gasteiger partial charge is 0.218 e. The Labute approximate surface area is 169 Å². The predicted octanol–water partition coefficient (Wildman–Crippen LogP) is 1.37. The SMILES string of the molecule is Cc1cc(C(=O)C[NH+]2CC[NH+](C/C=C/c3ccccc3)CC2)c(C)n1C(C)C. The van der Waals surface area contributed by atoms with Crippen LogP contribution in [0.3, 0.4) is 0 Å². The molecule has 0 radical (unpaired) electrons. The fraction of sp³-hybridized carbons (Fsp3) is 0.458. The van der Waals surface area contributed by atoms with Crippen LogP contribution in [0.25, 0.3) is 6.08 Å². The van der Waals surface area contributed by atoms with Crippen molar-refractivity contribution in [2.24, 2.45) is 0 Å². The molecule has 1 saturated heterocycles. The quantitative estimate of drug-likeness (QED) is 0.698. The number of carbonyl (C=O) groups is 1. The number of piperazine rings is 1. The maximum Gasteiger partial charge on any atom is 0.218 e. The van der Waals surface area contributed by atoms with Gasteiger partial charge in [0.05, 0.1) is 6.54 Å². The molecule has 0 unspecified atom stereocenters. The highest BCUT2D eigenvalue weighted by Crippen LogP contribution is 2.20. The zero-order valence-corrected chi connectivity index (χ0v) is 17.8. The van der Waals surface area contributed by atoms with Crippen LogP contribution in [0.4, 0.5) is 0 Å². The molecule has 1 aromatic heterocycles. The van der Waals surface area contributed by atoms with E-state index in [1.54, 1.807) is 4.90 Å². The van der Waals surface area contributed by atoms with E-state index in [0.29, 0.717) is 18.4 Å². The molecule has 2 heterocycles. The first-order chi connectivity index (χ1) is 13.5. The fourth-order valence-electron chi connectivity index (χ4n) is 4.44. The maximum absolute atomic E-state index is 12.9. The fourth-order valence-corrected chi connectivity index (χ4v) is 4.44. The van der Waals surface area contributed by atoms with Crippen molar-refractivity contribution in [1.29, 1.82) is 0 Å². The van der Waals surface area contributed by atoms with Gasteiger partial charge in [-0.25, -0.2) is 0 Å². The molecule has 150 valence electrons. The lowest BCUT2D eigenvalue weighted by atomic mass is 10.1. The third kappa shape index (κ3) is 5.00. The second-order valence-electron chi connectivity index (χ2n) is 8.37. The van der Waals surface area contributed by atoms with Crippen LogP contribution in [0.5, 0.6) is 0 Å². The Balaban J connectivity index is 1.48.